The van der Waals surface area contributed by atoms with Gasteiger partial charge in [-0.25, -0.2) is 0 Å². The zero-order valence-electron chi connectivity index (χ0n) is 16.4. The normalized spacial score (nSPS) is 18.7. The van der Waals surface area contributed by atoms with E-state index in [2.05, 4.69) is 45.9 Å². The van der Waals surface area contributed by atoms with E-state index in [0.717, 1.165) is 11.1 Å². The molecule has 2 rings (SSSR count). The van der Waals surface area contributed by atoms with Crippen LogP contribution in [0.4, 0.5) is 0 Å². The van der Waals surface area contributed by atoms with Crippen LogP contribution in [0, 0.1) is 12.3 Å². The molecule has 1 aromatic rings. The van der Waals surface area contributed by atoms with Crippen LogP contribution in [0.25, 0.3) is 5.57 Å². The molecular formula is C22H32O2. The Morgan fingerprint density at radius 3 is 2.00 bits per heavy atom. The molecular weight excluding hydrogens is 296 g/mol. The van der Waals surface area contributed by atoms with Crippen molar-refractivity contribution in [3.8, 4) is 0 Å². The molecule has 1 aliphatic carbocycles. The van der Waals surface area contributed by atoms with Crippen molar-refractivity contribution in [1.82, 2.24) is 0 Å². The van der Waals surface area contributed by atoms with Gasteiger partial charge in [-0.1, -0.05) is 65.3 Å². The van der Waals surface area contributed by atoms with Crippen LogP contribution >= 0.6 is 0 Å². The van der Waals surface area contributed by atoms with E-state index in [0.29, 0.717) is 5.57 Å². The maximum atomic E-state index is 10.5. The summed E-state index contributed by atoms with van der Waals surface area (Å²) in [5.41, 5.74) is 6.30. The summed E-state index contributed by atoms with van der Waals surface area (Å²) in [5, 5.41) is 21.0. The zero-order chi connectivity index (χ0) is 18.5. The first-order valence-corrected chi connectivity index (χ1v) is 8.72. The highest BCUT2D eigenvalue weighted by Gasteiger charge is 2.39. The van der Waals surface area contributed by atoms with Gasteiger partial charge in [0.2, 0.25) is 0 Å². The van der Waals surface area contributed by atoms with Crippen molar-refractivity contribution in [3.63, 3.8) is 0 Å². The molecule has 0 heterocycles. The quantitative estimate of drug-likeness (QED) is 0.702. The molecule has 0 unspecified atom stereocenters. The van der Waals surface area contributed by atoms with Gasteiger partial charge in [-0.3, -0.25) is 0 Å². The highest BCUT2D eigenvalue weighted by atomic mass is 16.5. The Morgan fingerprint density at radius 2 is 1.50 bits per heavy atom. The van der Waals surface area contributed by atoms with E-state index in [-0.39, 0.29) is 17.3 Å². The second kappa shape index (κ2) is 5.86. The molecule has 0 saturated heterocycles. The maximum Gasteiger partial charge on any atom is 0.190 e. The van der Waals surface area contributed by atoms with Crippen LogP contribution in [0.3, 0.4) is 0 Å². The first-order valence-electron chi connectivity index (χ1n) is 8.72. The maximum absolute atomic E-state index is 10.5. The van der Waals surface area contributed by atoms with Crippen LogP contribution in [0.1, 0.15) is 71.6 Å². The van der Waals surface area contributed by atoms with Crippen molar-refractivity contribution in [1.29, 1.82) is 0 Å². The number of allylic oxidation sites excluding steroid dienone is 2. The predicted octanol–water partition coefficient (Wildman–Crippen LogP) is 5.12. The van der Waals surface area contributed by atoms with Gasteiger partial charge in [0.15, 0.2) is 5.79 Å². The smallest absolute Gasteiger partial charge is 0.190 e. The van der Waals surface area contributed by atoms with Crippen molar-refractivity contribution in [2.75, 3.05) is 0 Å². The Balaban J connectivity index is 2.66. The van der Waals surface area contributed by atoms with Gasteiger partial charge >= 0.3 is 0 Å². The van der Waals surface area contributed by atoms with E-state index >= 15 is 0 Å². The molecule has 0 bridgehead atoms. The van der Waals surface area contributed by atoms with Crippen LogP contribution in [-0.4, -0.2) is 16.0 Å². The monoisotopic (exact) mass is 328 g/mol. The molecule has 132 valence electrons. The van der Waals surface area contributed by atoms with Gasteiger partial charge in [-0.05, 0) is 58.6 Å². The summed E-state index contributed by atoms with van der Waals surface area (Å²) in [6, 6.07) is 6.61. The third kappa shape index (κ3) is 3.65. The van der Waals surface area contributed by atoms with E-state index < -0.39 is 5.79 Å². The number of hydrogen-bond acceptors (Lipinski definition) is 2. The van der Waals surface area contributed by atoms with Gasteiger partial charge in [0.25, 0.3) is 0 Å². The van der Waals surface area contributed by atoms with Crippen molar-refractivity contribution in [2.45, 2.75) is 73.0 Å². The molecule has 2 nitrogen and oxygen atoms in total. The minimum Gasteiger partial charge on any atom is -0.362 e. The Kier molecular flexibility index (Phi) is 4.62. The topological polar surface area (TPSA) is 40.5 Å². The molecule has 0 aliphatic heterocycles. The van der Waals surface area contributed by atoms with E-state index in [1.54, 1.807) is 0 Å². The first-order chi connectivity index (χ1) is 10.7. The number of aryl methyl sites for hydroxylation is 1. The standard InChI is InChI=1S/C22H32O2/c1-14-9-10-16(20(3,4)5)11-17(14)18-12-19(21(6,7)8)22(23,24)13-15(18)2/h9-12,23-24H,13H2,1-8H3. The molecule has 1 aromatic carbocycles. The molecule has 0 radical (unpaired) electrons. The molecule has 0 spiro atoms. The van der Waals surface area contributed by atoms with Crippen molar-refractivity contribution < 1.29 is 10.2 Å². The second-order valence-electron chi connectivity index (χ2n) is 9.28. The van der Waals surface area contributed by atoms with Gasteiger partial charge in [0, 0.05) is 6.42 Å². The molecule has 0 amide bonds. The molecule has 0 fully saturated rings. The molecule has 0 aromatic heterocycles. The predicted molar refractivity (Wildman–Crippen MR) is 102 cm³/mol. The van der Waals surface area contributed by atoms with E-state index in [1.165, 1.54) is 16.7 Å². The number of hydrogen-bond donors (Lipinski definition) is 2. The number of rotatable bonds is 1. The molecule has 0 atom stereocenters. The molecule has 1 aliphatic rings. The van der Waals surface area contributed by atoms with Crippen LogP contribution in [0.15, 0.2) is 35.4 Å². The Labute approximate surface area is 146 Å². The Hall–Kier alpha value is -1.38. The van der Waals surface area contributed by atoms with E-state index in [4.69, 9.17) is 0 Å². The summed E-state index contributed by atoms with van der Waals surface area (Å²) < 4.78 is 0. The highest BCUT2D eigenvalue weighted by molar-refractivity contribution is 5.81. The minimum absolute atomic E-state index is 0.0832. The average molecular weight is 328 g/mol. The summed E-state index contributed by atoms with van der Waals surface area (Å²) in [7, 11) is 0. The SMILES string of the molecule is CC1=C(c2cc(C(C)(C)C)ccc2C)C=C(C(C)(C)C)C(O)(O)C1. The third-order valence-corrected chi connectivity index (χ3v) is 4.89. The fraction of sp³-hybridized carbons (Fsp3) is 0.545. The lowest BCUT2D eigenvalue weighted by molar-refractivity contribution is -0.137. The summed E-state index contributed by atoms with van der Waals surface area (Å²) in [5.74, 6) is -1.76. The lowest BCUT2D eigenvalue weighted by atomic mass is 9.73. The fourth-order valence-corrected chi connectivity index (χ4v) is 3.45. The van der Waals surface area contributed by atoms with Gasteiger partial charge < -0.3 is 10.2 Å². The lowest BCUT2D eigenvalue weighted by Crippen LogP contribution is -2.39. The summed E-state index contributed by atoms with van der Waals surface area (Å²) in [4.78, 5) is 0. The third-order valence-electron chi connectivity index (χ3n) is 4.89. The van der Waals surface area contributed by atoms with E-state index in [1.807, 2.05) is 33.8 Å². The van der Waals surface area contributed by atoms with Crippen LogP contribution in [0.5, 0.6) is 0 Å². The van der Waals surface area contributed by atoms with E-state index in [9.17, 15) is 10.2 Å². The van der Waals surface area contributed by atoms with Crippen molar-refractivity contribution in [2.24, 2.45) is 5.41 Å². The first kappa shape index (κ1) is 19.0. The van der Waals surface area contributed by atoms with Crippen LogP contribution < -0.4 is 0 Å². The van der Waals surface area contributed by atoms with Gasteiger partial charge in [0.05, 0.1) is 0 Å². The second-order valence-corrected chi connectivity index (χ2v) is 9.28. The van der Waals surface area contributed by atoms with Crippen molar-refractivity contribution in [3.05, 3.63) is 52.1 Å². The number of aliphatic hydroxyl groups is 2. The van der Waals surface area contributed by atoms with Gasteiger partial charge in [-0.2, -0.15) is 0 Å². The van der Waals surface area contributed by atoms with Gasteiger partial charge in [0.1, 0.15) is 0 Å². The molecule has 0 saturated carbocycles. The molecule has 2 heteroatoms. The van der Waals surface area contributed by atoms with Crippen LogP contribution in [-0.2, 0) is 5.41 Å². The van der Waals surface area contributed by atoms with Crippen LogP contribution in [0.2, 0.25) is 0 Å². The minimum atomic E-state index is -1.76. The largest absolute Gasteiger partial charge is 0.362 e. The Bertz CT molecular complexity index is 704. The number of benzene rings is 1. The highest BCUT2D eigenvalue weighted by Crippen LogP contribution is 2.44. The van der Waals surface area contributed by atoms with Crippen molar-refractivity contribution >= 4 is 5.57 Å². The Morgan fingerprint density at radius 1 is 0.917 bits per heavy atom. The summed E-state index contributed by atoms with van der Waals surface area (Å²) in [6.07, 6.45) is 2.25. The molecule has 24 heavy (non-hydrogen) atoms. The van der Waals surface area contributed by atoms with Gasteiger partial charge in [-0.15, -0.1) is 0 Å². The zero-order valence-corrected chi connectivity index (χ0v) is 16.4. The molecule has 2 N–H and O–H groups in total. The fourth-order valence-electron chi connectivity index (χ4n) is 3.45. The summed E-state index contributed by atoms with van der Waals surface area (Å²) in [6.45, 7) is 16.8. The lowest BCUT2D eigenvalue weighted by Gasteiger charge is -2.38. The average Bonchev–Trinajstić information content (AvgIpc) is 2.36. The summed E-state index contributed by atoms with van der Waals surface area (Å²) >= 11 is 0.